The fraction of sp³-hybridized carbons (Fsp3) is 0.190. The van der Waals surface area contributed by atoms with Gasteiger partial charge in [-0.05, 0) is 29.8 Å². The normalized spacial score (nSPS) is 16.1. The van der Waals surface area contributed by atoms with Crippen LogP contribution in [0.15, 0.2) is 73.1 Å². The summed E-state index contributed by atoms with van der Waals surface area (Å²) < 4.78 is 1.84. The van der Waals surface area contributed by atoms with Crippen LogP contribution in [0.3, 0.4) is 0 Å². The second-order valence-electron chi connectivity index (χ2n) is 6.52. The summed E-state index contributed by atoms with van der Waals surface area (Å²) in [6, 6.07) is 18.4. The van der Waals surface area contributed by atoms with E-state index in [4.69, 9.17) is 0 Å². The van der Waals surface area contributed by atoms with Gasteiger partial charge in [-0.3, -0.25) is 14.6 Å². The van der Waals surface area contributed by atoms with Crippen molar-refractivity contribution < 1.29 is 9.59 Å². The molecule has 0 aliphatic carbocycles. The molecule has 3 aromatic rings. The van der Waals surface area contributed by atoms with Crippen LogP contribution >= 0.6 is 0 Å². The van der Waals surface area contributed by atoms with Crippen molar-refractivity contribution in [1.29, 1.82) is 0 Å². The maximum absolute atomic E-state index is 13.0. The summed E-state index contributed by atoms with van der Waals surface area (Å²) in [4.78, 5) is 31.8. The second-order valence-corrected chi connectivity index (χ2v) is 6.52. The molecule has 1 unspecified atom stereocenters. The average molecular weight is 360 g/mol. The van der Waals surface area contributed by atoms with E-state index in [0.717, 1.165) is 11.3 Å². The van der Waals surface area contributed by atoms with Crippen molar-refractivity contribution in [3.8, 4) is 0 Å². The van der Waals surface area contributed by atoms with E-state index in [9.17, 15) is 9.59 Å². The highest BCUT2D eigenvalue weighted by atomic mass is 16.2. The van der Waals surface area contributed by atoms with Gasteiger partial charge in [0.25, 0.3) is 5.91 Å². The molecule has 3 heterocycles. The fourth-order valence-electron chi connectivity index (χ4n) is 3.33. The maximum Gasteiger partial charge on any atom is 0.271 e. The Labute approximate surface area is 157 Å². The lowest BCUT2D eigenvalue weighted by Gasteiger charge is -2.35. The van der Waals surface area contributed by atoms with Crippen LogP contribution in [0.5, 0.6) is 0 Å². The van der Waals surface area contributed by atoms with Crippen molar-refractivity contribution in [3.63, 3.8) is 0 Å². The van der Waals surface area contributed by atoms with Crippen LogP contribution in [0, 0.1) is 0 Å². The Balaban J connectivity index is 1.55. The highest BCUT2D eigenvalue weighted by Crippen LogP contribution is 2.21. The van der Waals surface area contributed by atoms with Crippen molar-refractivity contribution in [3.05, 3.63) is 90.0 Å². The van der Waals surface area contributed by atoms with E-state index in [1.54, 1.807) is 17.2 Å². The molecule has 0 radical (unpaired) electrons. The van der Waals surface area contributed by atoms with Gasteiger partial charge in [-0.2, -0.15) is 0 Å². The molecule has 0 bridgehead atoms. The van der Waals surface area contributed by atoms with Gasteiger partial charge in [-0.1, -0.05) is 36.4 Å². The summed E-state index contributed by atoms with van der Waals surface area (Å²) in [5.74, 6) is -0.308. The number of amides is 2. The first-order valence-corrected chi connectivity index (χ1v) is 8.90. The third-order valence-corrected chi connectivity index (χ3v) is 4.72. The Hall–Kier alpha value is -3.41. The zero-order valence-electron chi connectivity index (χ0n) is 14.8. The fourth-order valence-corrected chi connectivity index (χ4v) is 3.33. The molecule has 2 amide bonds. The summed E-state index contributed by atoms with van der Waals surface area (Å²) in [5, 5.41) is 2.92. The second kappa shape index (κ2) is 7.45. The number of pyridine rings is 1. The number of hydrogen-bond donors (Lipinski definition) is 1. The van der Waals surface area contributed by atoms with E-state index in [1.807, 2.05) is 65.4 Å². The highest BCUT2D eigenvalue weighted by Gasteiger charge is 2.36. The number of carbonyl (C=O) groups is 2. The van der Waals surface area contributed by atoms with E-state index in [-0.39, 0.29) is 11.8 Å². The molecule has 1 N–H and O–H groups in total. The molecule has 0 spiro atoms. The van der Waals surface area contributed by atoms with Crippen molar-refractivity contribution in [2.24, 2.45) is 0 Å². The molecule has 1 atom stereocenters. The number of aromatic nitrogens is 2. The minimum atomic E-state index is -0.568. The van der Waals surface area contributed by atoms with Crippen molar-refractivity contribution in [1.82, 2.24) is 19.8 Å². The van der Waals surface area contributed by atoms with Crippen molar-refractivity contribution >= 4 is 11.8 Å². The molecule has 6 heteroatoms. The van der Waals surface area contributed by atoms with Crippen LogP contribution < -0.4 is 5.32 Å². The smallest absolute Gasteiger partial charge is 0.271 e. The first kappa shape index (κ1) is 17.0. The SMILES string of the molecule is O=C(NCc1ccccn1)C1Cn2cccc2C(=O)N1Cc1ccccc1. The van der Waals surface area contributed by atoms with Crippen LogP contribution in [-0.2, 0) is 24.4 Å². The minimum absolute atomic E-state index is 0.131. The predicted octanol–water partition coefficient (Wildman–Crippen LogP) is 2.22. The summed E-state index contributed by atoms with van der Waals surface area (Å²) >= 11 is 0. The number of nitrogens with zero attached hydrogens (tertiary/aromatic N) is 3. The van der Waals surface area contributed by atoms with Crippen LogP contribution in [0.1, 0.15) is 21.7 Å². The van der Waals surface area contributed by atoms with E-state index >= 15 is 0 Å². The van der Waals surface area contributed by atoms with Gasteiger partial charge in [0.1, 0.15) is 11.7 Å². The number of nitrogens with one attached hydrogen (secondary N) is 1. The molecule has 4 rings (SSSR count). The minimum Gasteiger partial charge on any atom is -0.349 e. The average Bonchev–Trinajstić information content (AvgIpc) is 3.19. The standard InChI is InChI=1S/C21H20N4O2/c26-20(23-13-17-9-4-5-11-22-17)19-15-24-12-6-10-18(24)21(27)25(19)14-16-7-2-1-3-8-16/h1-12,19H,13-15H2,(H,23,26). The number of carbonyl (C=O) groups excluding carboxylic acids is 2. The van der Waals surface area contributed by atoms with Gasteiger partial charge >= 0.3 is 0 Å². The lowest BCUT2D eigenvalue weighted by Crippen LogP contribution is -2.54. The van der Waals surface area contributed by atoms with E-state index in [2.05, 4.69) is 10.3 Å². The van der Waals surface area contributed by atoms with Crippen LogP contribution in [-0.4, -0.2) is 32.3 Å². The highest BCUT2D eigenvalue weighted by molar-refractivity contribution is 5.97. The monoisotopic (exact) mass is 360 g/mol. The molecule has 1 aliphatic heterocycles. The van der Waals surface area contributed by atoms with Gasteiger partial charge in [-0.15, -0.1) is 0 Å². The van der Waals surface area contributed by atoms with Crippen LogP contribution in [0.25, 0.3) is 0 Å². The lowest BCUT2D eigenvalue weighted by molar-refractivity contribution is -0.126. The number of rotatable bonds is 5. The Kier molecular flexibility index (Phi) is 4.70. The molecule has 0 saturated carbocycles. The number of benzene rings is 1. The molecule has 1 aliphatic rings. The Morgan fingerprint density at radius 3 is 2.67 bits per heavy atom. The molecule has 2 aromatic heterocycles. The first-order valence-electron chi connectivity index (χ1n) is 8.90. The molecule has 1 aromatic carbocycles. The zero-order valence-corrected chi connectivity index (χ0v) is 14.8. The quantitative estimate of drug-likeness (QED) is 0.759. The lowest BCUT2D eigenvalue weighted by atomic mass is 10.1. The molecule has 136 valence electrons. The zero-order chi connectivity index (χ0) is 18.6. The van der Waals surface area contributed by atoms with Crippen molar-refractivity contribution in [2.75, 3.05) is 0 Å². The number of hydrogen-bond acceptors (Lipinski definition) is 3. The van der Waals surface area contributed by atoms with Gasteiger partial charge in [0, 0.05) is 18.9 Å². The largest absolute Gasteiger partial charge is 0.349 e. The molecular formula is C21H20N4O2. The van der Waals surface area contributed by atoms with Gasteiger partial charge in [-0.25, -0.2) is 0 Å². The first-order chi connectivity index (χ1) is 13.2. The molecule has 0 saturated heterocycles. The molecule has 0 fully saturated rings. The molecule has 27 heavy (non-hydrogen) atoms. The maximum atomic E-state index is 13.0. The van der Waals surface area contributed by atoms with Gasteiger partial charge in [0.05, 0.1) is 18.8 Å². The van der Waals surface area contributed by atoms with Crippen molar-refractivity contribution in [2.45, 2.75) is 25.7 Å². The van der Waals surface area contributed by atoms with Crippen LogP contribution in [0.4, 0.5) is 0 Å². The predicted molar refractivity (Wildman–Crippen MR) is 101 cm³/mol. The summed E-state index contributed by atoms with van der Waals surface area (Å²) in [6.45, 7) is 1.17. The summed E-state index contributed by atoms with van der Waals surface area (Å²) in [6.07, 6.45) is 3.53. The topological polar surface area (TPSA) is 67.2 Å². The number of fused-ring (bicyclic) bond motifs is 1. The third kappa shape index (κ3) is 3.60. The van der Waals surface area contributed by atoms with E-state index in [1.165, 1.54) is 0 Å². The third-order valence-electron chi connectivity index (χ3n) is 4.72. The Morgan fingerprint density at radius 1 is 1.07 bits per heavy atom. The Morgan fingerprint density at radius 2 is 1.89 bits per heavy atom. The molecular weight excluding hydrogens is 340 g/mol. The van der Waals surface area contributed by atoms with Crippen LogP contribution in [0.2, 0.25) is 0 Å². The van der Waals surface area contributed by atoms with E-state index in [0.29, 0.717) is 25.3 Å². The summed E-state index contributed by atoms with van der Waals surface area (Å²) in [5.41, 5.74) is 2.39. The summed E-state index contributed by atoms with van der Waals surface area (Å²) in [7, 11) is 0. The van der Waals surface area contributed by atoms with Gasteiger partial charge < -0.3 is 14.8 Å². The molecule has 6 nitrogen and oxygen atoms in total. The van der Waals surface area contributed by atoms with E-state index < -0.39 is 6.04 Å². The Bertz CT molecular complexity index is 937. The van der Waals surface area contributed by atoms with Gasteiger partial charge in [0.15, 0.2) is 0 Å². The van der Waals surface area contributed by atoms with Gasteiger partial charge in [0.2, 0.25) is 5.91 Å².